The summed E-state index contributed by atoms with van der Waals surface area (Å²) in [5, 5.41) is 3.50. The molecule has 0 unspecified atom stereocenters. The largest absolute Gasteiger partial charge is 0.495 e. The Bertz CT molecular complexity index is 1100. The first-order valence-corrected chi connectivity index (χ1v) is 12.8. The number of thioether (sulfide) groups is 1. The minimum Gasteiger partial charge on any atom is -0.495 e. The maximum Gasteiger partial charge on any atom is 0.244 e. The van der Waals surface area contributed by atoms with Crippen molar-refractivity contribution in [2.75, 3.05) is 35.4 Å². The maximum atomic E-state index is 12.9. The Morgan fingerprint density at radius 3 is 2.61 bits per heavy atom. The first-order chi connectivity index (χ1) is 14.9. The van der Waals surface area contributed by atoms with Crippen molar-refractivity contribution in [1.29, 1.82) is 0 Å². The van der Waals surface area contributed by atoms with E-state index in [9.17, 15) is 13.2 Å². The zero-order valence-electron chi connectivity index (χ0n) is 17.4. The summed E-state index contributed by atoms with van der Waals surface area (Å²) in [6.45, 7) is 2.15. The van der Waals surface area contributed by atoms with Crippen molar-refractivity contribution in [2.24, 2.45) is 4.99 Å². The van der Waals surface area contributed by atoms with Gasteiger partial charge < -0.3 is 15.0 Å². The number of aliphatic imine (C=N–C) groups is 1. The van der Waals surface area contributed by atoms with E-state index in [1.807, 2.05) is 41.3 Å². The number of amidine groups is 1. The number of nitrogens with zero attached hydrogens (tertiary/aromatic N) is 2. The molecule has 9 heteroatoms. The lowest BCUT2D eigenvalue weighted by atomic mass is 10.1. The van der Waals surface area contributed by atoms with Gasteiger partial charge in [-0.1, -0.05) is 43.0 Å². The van der Waals surface area contributed by atoms with Crippen LogP contribution in [0.25, 0.3) is 0 Å². The Morgan fingerprint density at radius 1 is 1.19 bits per heavy atom. The van der Waals surface area contributed by atoms with E-state index in [0.29, 0.717) is 16.6 Å². The fourth-order valence-electron chi connectivity index (χ4n) is 3.73. The van der Waals surface area contributed by atoms with E-state index in [2.05, 4.69) is 17.2 Å². The van der Waals surface area contributed by atoms with Crippen LogP contribution in [0.1, 0.15) is 12.5 Å². The lowest BCUT2D eigenvalue weighted by Gasteiger charge is -2.24. The number of ether oxygens (including phenoxy) is 1. The Kier molecular flexibility index (Phi) is 6.24. The molecule has 2 heterocycles. The van der Waals surface area contributed by atoms with E-state index in [-0.39, 0.29) is 35.2 Å². The normalized spacial score (nSPS) is 21.3. The molecule has 1 amide bonds. The van der Waals surface area contributed by atoms with E-state index in [1.54, 1.807) is 19.2 Å². The highest BCUT2D eigenvalue weighted by Gasteiger charge is 2.44. The van der Waals surface area contributed by atoms with Crippen molar-refractivity contribution in [2.45, 2.75) is 24.6 Å². The van der Waals surface area contributed by atoms with Crippen LogP contribution < -0.4 is 15.0 Å². The fraction of sp³-hybridized carbons (Fsp3) is 0.364. The second-order valence-electron chi connectivity index (χ2n) is 7.57. The second-order valence-corrected chi connectivity index (χ2v) is 10.9. The molecule has 0 radical (unpaired) electrons. The van der Waals surface area contributed by atoms with Crippen molar-refractivity contribution in [1.82, 2.24) is 0 Å². The number of hydrogen-bond acceptors (Lipinski definition) is 7. The van der Waals surface area contributed by atoms with Crippen LogP contribution in [0.15, 0.2) is 53.5 Å². The van der Waals surface area contributed by atoms with E-state index >= 15 is 0 Å². The molecule has 2 aromatic carbocycles. The Hall–Kier alpha value is -2.52. The average molecular weight is 460 g/mol. The van der Waals surface area contributed by atoms with Gasteiger partial charge in [-0.2, -0.15) is 0 Å². The third-order valence-corrected chi connectivity index (χ3v) is 8.62. The summed E-state index contributed by atoms with van der Waals surface area (Å²) >= 11 is 1.44. The number of benzene rings is 2. The van der Waals surface area contributed by atoms with Gasteiger partial charge in [0.2, 0.25) is 5.91 Å². The average Bonchev–Trinajstić information content (AvgIpc) is 3.26. The van der Waals surface area contributed by atoms with Gasteiger partial charge in [0.05, 0.1) is 30.3 Å². The number of anilines is 2. The van der Waals surface area contributed by atoms with Crippen molar-refractivity contribution in [3.63, 3.8) is 0 Å². The number of hydrogen-bond donors (Lipinski definition) is 1. The van der Waals surface area contributed by atoms with Gasteiger partial charge in [-0.05, 0) is 36.2 Å². The molecule has 1 fully saturated rings. The SMILES string of the molecule is CCc1ccc(N(CC(=O)Nc2ccccc2OC)C2=N[C@H]3CS(=O)(=O)C[C@@H]3S2)cc1. The smallest absolute Gasteiger partial charge is 0.244 e. The van der Waals surface area contributed by atoms with Gasteiger partial charge in [0.25, 0.3) is 0 Å². The standard InChI is InChI=1S/C22H25N3O4S2/c1-3-15-8-10-16(11-9-15)25(22-24-18-13-31(27,28)14-20(18)30-22)12-21(26)23-17-6-4-5-7-19(17)29-2/h4-11,18,20H,3,12-14H2,1-2H3,(H,23,26)/t18-,20-/m0/s1. The van der Waals surface area contributed by atoms with Gasteiger partial charge in [0.1, 0.15) is 12.3 Å². The molecular weight excluding hydrogens is 434 g/mol. The number of para-hydroxylation sites is 2. The van der Waals surface area contributed by atoms with Crippen LogP contribution in [0.4, 0.5) is 11.4 Å². The summed E-state index contributed by atoms with van der Waals surface area (Å²) in [6.07, 6.45) is 0.923. The fourth-order valence-corrected chi connectivity index (χ4v) is 7.51. The van der Waals surface area contributed by atoms with E-state index in [0.717, 1.165) is 12.1 Å². The van der Waals surface area contributed by atoms with E-state index in [4.69, 9.17) is 4.74 Å². The number of nitrogens with one attached hydrogen (secondary N) is 1. The molecule has 2 atom stereocenters. The lowest BCUT2D eigenvalue weighted by molar-refractivity contribution is -0.114. The van der Waals surface area contributed by atoms with Crippen molar-refractivity contribution >= 4 is 44.0 Å². The van der Waals surface area contributed by atoms with Crippen LogP contribution >= 0.6 is 11.8 Å². The molecule has 2 aliphatic rings. The van der Waals surface area contributed by atoms with Gasteiger partial charge >= 0.3 is 0 Å². The summed E-state index contributed by atoms with van der Waals surface area (Å²) in [5.74, 6) is 0.578. The van der Waals surface area contributed by atoms with Gasteiger partial charge in [0, 0.05) is 10.9 Å². The van der Waals surface area contributed by atoms with Crippen molar-refractivity contribution in [3.8, 4) is 5.75 Å². The molecule has 1 N–H and O–H groups in total. The van der Waals surface area contributed by atoms with Crippen LogP contribution in [-0.4, -0.2) is 55.9 Å². The summed E-state index contributed by atoms with van der Waals surface area (Å²) < 4.78 is 29.2. The molecule has 7 nitrogen and oxygen atoms in total. The molecule has 0 aliphatic carbocycles. The number of methoxy groups -OCH3 is 1. The molecule has 1 saturated heterocycles. The van der Waals surface area contributed by atoms with Crippen molar-refractivity contribution in [3.05, 3.63) is 54.1 Å². The van der Waals surface area contributed by atoms with Crippen molar-refractivity contribution < 1.29 is 17.9 Å². The minimum absolute atomic E-state index is 0.0571. The minimum atomic E-state index is -3.04. The van der Waals surface area contributed by atoms with Gasteiger partial charge in [-0.15, -0.1) is 0 Å². The highest BCUT2D eigenvalue weighted by molar-refractivity contribution is 8.15. The molecule has 2 aliphatic heterocycles. The molecular formula is C22H25N3O4S2. The number of rotatable bonds is 6. The number of sulfone groups is 1. The second kappa shape index (κ2) is 8.92. The number of fused-ring (bicyclic) bond motifs is 1. The van der Waals surface area contributed by atoms with Crippen LogP contribution in [0.2, 0.25) is 0 Å². The number of carbonyl (C=O) groups is 1. The van der Waals surface area contributed by atoms with E-state index in [1.165, 1.54) is 17.3 Å². The Labute approximate surface area is 186 Å². The van der Waals surface area contributed by atoms with Crippen LogP contribution in [0.5, 0.6) is 5.75 Å². The third-order valence-electron chi connectivity index (χ3n) is 5.38. The topological polar surface area (TPSA) is 88.1 Å². The van der Waals surface area contributed by atoms with Crippen LogP contribution in [-0.2, 0) is 21.1 Å². The van der Waals surface area contributed by atoms with Gasteiger partial charge in [-0.3, -0.25) is 9.79 Å². The first-order valence-electron chi connectivity index (χ1n) is 10.1. The molecule has 0 spiro atoms. The van der Waals surface area contributed by atoms with Crippen LogP contribution in [0.3, 0.4) is 0 Å². The summed E-state index contributed by atoms with van der Waals surface area (Å²) in [5.41, 5.74) is 2.65. The summed E-state index contributed by atoms with van der Waals surface area (Å²) in [6, 6.07) is 15.0. The molecule has 0 aromatic heterocycles. The van der Waals surface area contributed by atoms with Crippen LogP contribution in [0, 0.1) is 0 Å². The quantitative estimate of drug-likeness (QED) is 0.715. The summed E-state index contributed by atoms with van der Waals surface area (Å²) in [4.78, 5) is 19.5. The molecule has 0 bridgehead atoms. The first kappa shape index (κ1) is 21.7. The highest BCUT2D eigenvalue weighted by atomic mass is 32.2. The number of amides is 1. The molecule has 2 aromatic rings. The molecule has 164 valence electrons. The molecule has 4 rings (SSSR count). The zero-order valence-corrected chi connectivity index (χ0v) is 19.1. The zero-order chi connectivity index (χ0) is 22.0. The Balaban J connectivity index is 1.58. The predicted molar refractivity (Wildman–Crippen MR) is 126 cm³/mol. The number of carbonyl (C=O) groups excluding carboxylic acids is 1. The molecule has 0 saturated carbocycles. The summed E-state index contributed by atoms with van der Waals surface area (Å²) in [7, 11) is -1.48. The lowest BCUT2D eigenvalue weighted by Crippen LogP contribution is -2.36. The third kappa shape index (κ3) is 4.88. The Morgan fingerprint density at radius 2 is 1.94 bits per heavy atom. The van der Waals surface area contributed by atoms with E-state index < -0.39 is 9.84 Å². The molecule has 31 heavy (non-hydrogen) atoms. The predicted octanol–water partition coefficient (Wildman–Crippen LogP) is 2.97. The maximum absolute atomic E-state index is 12.9. The van der Waals surface area contributed by atoms with Gasteiger partial charge in [0.15, 0.2) is 15.0 Å². The number of aryl methyl sites for hydroxylation is 1. The van der Waals surface area contributed by atoms with Gasteiger partial charge in [-0.25, -0.2) is 8.42 Å². The highest BCUT2D eigenvalue weighted by Crippen LogP contribution is 2.37. The monoisotopic (exact) mass is 459 g/mol.